The Labute approximate surface area is 103 Å². The maximum Gasteiger partial charge on any atom is 0.0130 e. The van der Waals surface area contributed by atoms with Crippen molar-refractivity contribution < 1.29 is 0 Å². The Kier molecular flexibility index (Phi) is 5.75. The fraction of sp³-hybridized carbons (Fsp3) is 0.867. The van der Waals surface area contributed by atoms with E-state index >= 15 is 0 Å². The topological polar surface area (TPSA) is 3.24 Å². The Morgan fingerprint density at radius 1 is 1.00 bits per heavy atom. The molecule has 0 saturated heterocycles. The lowest BCUT2D eigenvalue weighted by molar-refractivity contribution is 0.0375. The SMILES string of the molecule is CC=C(C)CCCN(C(C)(C)C)C(C)(C)C. The molecule has 0 spiro atoms. The first-order chi connectivity index (χ1) is 7.09. The van der Waals surface area contributed by atoms with Crippen LogP contribution in [0.25, 0.3) is 0 Å². The Morgan fingerprint density at radius 2 is 1.44 bits per heavy atom. The summed E-state index contributed by atoms with van der Waals surface area (Å²) in [5, 5.41) is 0. The van der Waals surface area contributed by atoms with Crippen LogP contribution in [0.15, 0.2) is 11.6 Å². The lowest BCUT2D eigenvalue weighted by Gasteiger charge is -2.45. The minimum Gasteiger partial charge on any atom is -0.294 e. The van der Waals surface area contributed by atoms with Crippen molar-refractivity contribution in [2.24, 2.45) is 0 Å². The van der Waals surface area contributed by atoms with Gasteiger partial charge in [0.15, 0.2) is 0 Å². The van der Waals surface area contributed by atoms with Gasteiger partial charge in [-0.15, -0.1) is 0 Å². The van der Waals surface area contributed by atoms with Crippen LogP contribution in [0.5, 0.6) is 0 Å². The number of hydrogen-bond acceptors (Lipinski definition) is 1. The fourth-order valence-electron chi connectivity index (χ4n) is 2.34. The molecule has 0 aromatic carbocycles. The summed E-state index contributed by atoms with van der Waals surface area (Å²) in [4.78, 5) is 2.60. The van der Waals surface area contributed by atoms with E-state index in [0.717, 1.165) is 0 Å². The molecule has 0 fully saturated rings. The summed E-state index contributed by atoms with van der Waals surface area (Å²) in [7, 11) is 0. The molecule has 0 aliphatic rings. The molecule has 0 atom stereocenters. The number of allylic oxidation sites excluding steroid dienone is 2. The molecule has 0 N–H and O–H groups in total. The van der Waals surface area contributed by atoms with Gasteiger partial charge in [-0.2, -0.15) is 0 Å². The smallest absolute Gasteiger partial charge is 0.0130 e. The minimum atomic E-state index is 0.252. The molecular formula is C15H31N. The number of nitrogens with zero attached hydrogens (tertiary/aromatic N) is 1. The third kappa shape index (κ3) is 5.69. The van der Waals surface area contributed by atoms with E-state index in [1.165, 1.54) is 25.0 Å². The van der Waals surface area contributed by atoms with E-state index in [9.17, 15) is 0 Å². The normalized spacial score (nSPS) is 14.7. The molecule has 0 bridgehead atoms. The van der Waals surface area contributed by atoms with E-state index in [4.69, 9.17) is 0 Å². The summed E-state index contributed by atoms with van der Waals surface area (Å²) in [5.41, 5.74) is 2.01. The average molecular weight is 225 g/mol. The first-order valence-corrected chi connectivity index (χ1v) is 6.48. The van der Waals surface area contributed by atoms with E-state index in [1.807, 2.05) is 0 Å². The van der Waals surface area contributed by atoms with Gasteiger partial charge in [0.2, 0.25) is 0 Å². The second kappa shape index (κ2) is 5.86. The Hall–Kier alpha value is -0.300. The maximum absolute atomic E-state index is 2.60. The van der Waals surface area contributed by atoms with Crippen molar-refractivity contribution in [3.05, 3.63) is 11.6 Å². The summed E-state index contributed by atoms with van der Waals surface area (Å²) in [6.45, 7) is 19.4. The molecule has 0 aromatic heterocycles. The van der Waals surface area contributed by atoms with Crippen LogP contribution in [0.2, 0.25) is 0 Å². The summed E-state index contributed by atoms with van der Waals surface area (Å²) in [6.07, 6.45) is 4.70. The number of rotatable bonds is 4. The van der Waals surface area contributed by atoms with Crippen LogP contribution < -0.4 is 0 Å². The fourth-order valence-corrected chi connectivity index (χ4v) is 2.34. The molecule has 0 amide bonds. The highest BCUT2D eigenvalue weighted by molar-refractivity contribution is 4.96. The monoisotopic (exact) mass is 225 g/mol. The Bertz CT molecular complexity index is 211. The van der Waals surface area contributed by atoms with E-state index in [0.29, 0.717) is 0 Å². The summed E-state index contributed by atoms with van der Waals surface area (Å²) < 4.78 is 0. The minimum absolute atomic E-state index is 0.252. The van der Waals surface area contributed by atoms with Crippen molar-refractivity contribution in [2.75, 3.05) is 6.54 Å². The van der Waals surface area contributed by atoms with Crippen LogP contribution in [-0.4, -0.2) is 22.5 Å². The highest BCUT2D eigenvalue weighted by Gasteiger charge is 2.30. The summed E-state index contributed by atoms with van der Waals surface area (Å²) in [6, 6.07) is 0. The third-order valence-corrected chi connectivity index (χ3v) is 3.07. The molecule has 0 radical (unpaired) electrons. The van der Waals surface area contributed by atoms with Gasteiger partial charge in [0.1, 0.15) is 0 Å². The van der Waals surface area contributed by atoms with Gasteiger partial charge in [-0.3, -0.25) is 4.90 Å². The van der Waals surface area contributed by atoms with Crippen molar-refractivity contribution >= 4 is 0 Å². The molecule has 0 unspecified atom stereocenters. The second-order valence-electron chi connectivity index (χ2n) is 6.73. The summed E-state index contributed by atoms with van der Waals surface area (Å²) in [5.74, 6) is 0. The molecule has 0 aromatic rings. The van der Waals surface area contributed by atoms with Crippen LogP contribution in [0.4, 0.5) is 0 Å². The van der Waals surface area contributed by atoms with Gasteiger partial charge in [0.05, 0.1) is 0 Å². The lowest BCUT2D eigenvalue weighted by atomic mass is 9.95. The van der Waals surface area contributed by atoms with E-state index in [1.54, 1.807) is 0 Å². The largest absolute Gasteiger partial charge is 0.294 e. The van der Waals surface area contributed by atoms with Crippen LogP contribution >= 0.6 is 0 Å². The Morgan fingerprint density at radius 3 is 1.75 bits per heavy atom. The standard InChI is InChI=1S/C15H31N/c1-9-13(2)11-10-12-16(14(3,4)5)15(6,7)8/h9H,10-12H2,1-8H3. The molecule has 0 saturated carbocycles. The van der Waals surface area contributed by atoms with Crippen LogP contribution in [0, 0.1) is 0 Å². The Balaban J connectivity index is 4.37. The quantitative estimate of drug-likeness (QED) is 0.630. The molecule has 96 valence electrons. The van der Waals surface area contributed by atoms with Gasteiger partial charge >= 0.3 is 0 Å². The molecule has 0 heterocycles. The zero-order chi connectivity index (χ0) is 13.0. The first-order valence-electron chi connectivity index (χ1n) is 6.48. The molecule has 0 rings (SSSR count). The van der Waals surface area contributed by atoms with Crippen molar-refractivity contribution in [1.82, 2.24) is 4.90 Å². The maximum atomic E-state index is 2.60. The van der Waals surface area contributed by atoms with Crippen molar-refractivity contribution in [3.8, 4) is 0 Å². The van der Waals surface area contributed by atoms with Gasteiger partial charge < -0.3 is 0 Å². The van der Waals surface area contributed by atoms with E-state index in [-0.39, 0.29) is 11.1 Å². The predicted octanol–water partition coefficient (Wildman–Crippen LogP) is 4.63. The molecule has 1 nitrogen and oxygen atoms in total. The van der Waals surface area contributed by atoms with Gasteiger partial charge in [-0.05, 0) is 74.8 Å². The molecular weight excluding hydrogens is 194 g/mol. The predicted molar refractivity (Wildman–Crippen MR) is 74.9 cm³/mol. The first kappa shape index (κ1) is 15.7. The highest BCUT2D eigenvalue weighted by Crippen LogP contribution is 2.25. The molecule has 0 aliphatic carbocycles. The number of hydrogen-bond donors (Lipinski definition) is 0. The van der Waals surface area contributed by atoms with Gasteiger partial charge in [0.25, 0.3) is 0 Å². The highest BCUT2D eigenvalue weighted by atomic mass is 15.2. The molecule has 1 heteroatoms. The van der Waals surface area contributed by atoms with Gasteiger partial charge in [-0.1, -0.05) is 11.6 Å². The van der Waals surface area contributed by atoms with Crippen molar-refractivity contribution in [1.29, 1.82) is 0 Å². The van der Waals surface area contributed by atoms with E-state index < -0.39 is 0 Å². The van der Waals surface area contributed by atoms with Crippen molar-refractivity contribution in [3.63, 3.8) is 0 Å². The molecule has 16 heavy (non-hydrogen) atoms. The van der Waals surface area contributed by atoms with Crippen LogP contribution in [-0.2, 0) is 0 Å². The summed E-state index contributed by atoms with van der Waals surface area (Å²) >= 11 is 0. The van der Waals surface area contributed by atoms with Gasteiger partial charge in [0, 0.05) is 11.1 Å². The van der Waals surface area contributed by atoms with Crippen LogP contribution in [0.1, 0.15) is 68.2 Å². The second-order valence-corrected chi connectivity index (χ2v) is 6.73. The van der Waals surface area contributed by atoms with Crippen LogP contribution in [0.3, 0.4) is 0 Å². The van der Waals surface area contributed by atoms with Gasteiger partial charge in [-0.25, -0.2) is 0 Å². The average Bonchev–Trinajstić information content (AvgIpc) is 2.07. The zero-order valence-corrected chi connectivity index (χ0v) is 12.6. The van der Waals surface area contributed by atoms with E-state index in [2.05, 4.69) is 66.4 Å². The third-order valence-electron chi connectivity index (χ3n) is 3.07. The molecule has 0 aliphatic heterocycles. The zero-order valence-electron chi connectivity index (χ0n) is 12.6. The van der Waals surface area contributed by atoms with Crippen molar-refractivity contribution in [2.45, 2.75) is 79.3 Å². The lowest BCUT2D eigenvalue weighted by Crippen LogP contribution is -2.52.